The first-order chi connectivity index (χ1) is 20.1. The predicted octanol–water partition coefficient (Wildman–Crippen LogP) is 5.66. The quantitative estimate of drug-likeness (QED) is 0.353. The zero-order valence-corrected chi connectivity index (χ0v) is 25.6. The maximum absolute atomic E-state index is 14.6. The maximum atomic E-state index is 14.6. The van der Waals surface area contributed by atoms with E-state index < -0.39 is 26.5 Å². The van der Waals surface area contributed by atoms with Gasteiger partial charge in [-0.1, -0.05) is 53.5 Å². The Morgan fingerprint density at radius 2 is 1.74 bits per heavy atom. The second kappa shape index (κ2) is 11.2. The summed E-state index contributed by atoms with van der Waals surface area (Å²) in [6.07, 6.45) is 2.10. The third-order valence-corrected chi connectivity index (χ3v) is 12.4. The first kappa shape index (κ1) is 29.0. The summed E-state index contributed by atoms with van der Waals surface area (Å²) in [7, 11) is -2.17. The van der Waals surface area contributed by atoms with Crippen LogP contribution in [0.2, 0.25) is 10.0 Å². The van der Waals surface area contributed by atoms with Gasteiger partial charge in [0.05, 0.1) is 10.9 Å². The van der Waals surface area contributed by atoms with Crippen LogP contribution in [-0.4, -0.2) is 56.2 Å². The fourth-order valence-corrected chi connectivity index (χ4v) is 9.78. The van der Waals surface area contributed by atoms with Crippen molar-refractivity contribution in [3.8, 4) is 5.75 Å². The lowest BCUT2D eigenvalue weighted by Crippen LogP contribution is -2.54. The number of fused-ring (bicyclic) bond motifs is 3. The van der Waals surface area contributed by atoms with Crippen molar-refractivity contribution in [3.05, 3.63) is 93.5 Å². The molecule has 3 aromatic rings. The summed E-state index contributed by atoms with van der Waals surface area (Å²) in [5.41, 5.74) is 2.27. The molecule has 2 fully saturated rings. The van der Waals surface area contributed by atoms with Gasteiger partial charge in [0.25, 0.3) is 0 Å². The Kier molecular flexibility index (Phi) is 7.75. The molecule has 0 saturated carbocycles. The van der Waals surface area contributed by atoms with Crippen LogP contribution < -0.4 is 4.74 Å². The first-order valence-electron chi connectivity index (χ1n) is 14.2. The van der Waals surface area contributed by atoms with Gasteiger partial charge in [0.1, 0.15) is 17.1 Å². The summed E-state index contributed by atoms with van der Waals surface area (Å²) < 4.78 is 34.0. The number of benzene rings is 3. The highest BCUT2D eigenvalue weighted by Crippen LogP contribution is 2.53. The Morgan fingerprint density at radius 1 is 1.00 bits per heavy atom. The number of carbonyl (C=O) groups excluding carboxylic acids is 2. The number of hydrogen-bond donors (Lipinski definition) is 0. The molecule has 7 nitrogen and oxygen atoms in total. The Morgan fingerprint density at radius 3 is 2.45 bits per heavy atom. The third kappa shape index (κ3) is 4.77. The molecular weight excluding hydrogens is 595 g/mol. The lowest BCUT2D eigenvalue weighted by molar-refractivity contribution is -0.145. The molecule has 0 aromatic heterocycles. The molecule has 0 N–H and O–H groups in total. The molecule has 2 saturated heterocycles. The predicted molar refractivity (Wildman–Crippen MR) is 161 cm³/mol. The van der Waals surface area contributed by atoms with Gasteiger partial charge in [-0.25, -0.2) is 8.42 Å². The highest BCUT2D eigenvalue weighted by Gasteiger charge is 2.61. The number of halogens is 2. The summed E-state index contributed by atoms with van der Waals surface area (Å²) in [5, 5.41) is 1.02. The van der Waals surface area contributed by atoms with Crippen LogP contribution in [0.25, 0.3) is 0 Å². The Hall–Kier alpha value is -3.07. The number of hydrogen-bond acceptors (Lipinski definition) is 5. The lowest BCUT2D eigenvalue weighted by atomic mass is 9.78. The van der Waals surface area contributed by atoms with Crippen molar-refractivity contribution >= 4 is 44.9 Å². The van der Waals surface area contributed by atoms with Crippen LogP contribution in [0.1, 0.15) is 42.4 Å². The number of carbonyl (C=O) groups is 2. The Balaban J connectivity index is 1.37. The van der Waals surface area contributed by atoms with Gasteiger partial charge in [0.2, 0.25) is 11.8 Å². The molecule has 1 aliphatic carbocycles. The standard InChI is InChI=1S/C32H32Cl2N2O5S/c1-35-16-14-22(19-30(35)37)31(38)36-17-15-32(42(39,40)24-6-3-2-4-7-24)26-12-11-23(18-21(26)10-13-29(32)36)41-20-25-27(33)8-5-9-28(25)34/h2-9,11-12,18,22,29H,10,13-17,19-20H2,1H3/t22?,29-,32-/m1/s1. The Bertz CT molecular complexity index is 1630. The molecule has 220 valence electrons. The monoisotopic (exact) mass is 626 g/mol. The van der Waals surface area contributed by atoms with Gasteiger partial charge < -0.3 is 14.5 Å². The molecule has 2 amide bonds. The first-order valence-corrected chi connectivity index (χ1v) is 16.4. The normalized spacial score (nSPS) is 23.8. The van der Waals surface area contributed by atoms with E-state index >= 15 is 0 Å². The van der Waals surface area contributed by atoms with Gasteiger partial charge in [-0.05, 0) is 73.2 Å². The van der Waals surface area contributed by atoms with E-state index in [2.05, 4.69) is 0 Å². The van der Waals surface area contributed by atoms with Crippen LogP contribution in [0.4, 0.5) is 0 Å². The van der Waals surface area contributed by atoms with Gasteiger partial charge in [0.15, 0.2) is 9.84 Å². The topological polar surface area (TPSA) is 84.0 Å². The summed E-state index contributed by atoms with van der Waals surface area (Å²) >= 11 is 12.6. The molecule has 42 heavy (non-hydrogen) atoms. The van der Waals surface area contributed by atoms with Crippen molar-refractivity contribution in [3.63, 3.8) is 0 Å². The number of piperidine rings is 1. The van der Waals surface area contributed by atoms with E-state index in [0.717, 1.165) is 5.56 Å². The van der Waals surface area contributed by atoms with Crippen LogP contribution in [0.15, 0.2) is 71.6 Å². The van der Waals surface area contributed by atoms with E-state index in [0.29, 0.717) is 59.3 Å². The number of amides is 2. The maximum Gasteiger partial charge on any atom is 0.226 e. The molecule has 3 aliphatic rings. The van der Waals surface area contributed by atoms with Gasteiger partial charge in [-0.3, -0.25) is 9.59 Å². The highest BCUT2D eigenvalue weighted by molar-refractivity contribution is 7.92. The molecule has 0 radical (unpaired) electrons. The van der Waals surface area contributed by atoms with Gasteiger partial charge >= 0.3 is 0 Å². The number of rotatable bonds is 6. The second-order valence-corrected chi connectivity index (χ2v) is 14.4. The van der Waals surface area contributed by atoms with Crippen molar-refractivity contribution in [2.45, 2.75) is 54.4 Å². The number of aryl methyl sites for hydroxylation is 1. The van der Waals surface area contributed by atoms with Crippen molar-refractivity contribution in [1.29, 1.82) is 0 Å². The summed E-state index contributed by atoms with van der Waals surface area (Å²) in [5.74, 6) is -0.0166. The number of nitrogens with zero attached hydrogens (tertiary/aromatic N) is 2. The largest absolute Gasteiger partial charge is 0.489 e. The molecule has 2 aliphatic heterocycles. The van der Waals surface area contributed by atoms with Crippen LogP contribution >= 0.6 is 23.2 Å². The summed E-state index contributed by atoms with van der Waals surface area (Å²) in [6, 6.07) is 18.8. The lowest BCUT2D eigenvalue weighted by Gasteiger charge is -2.43. The van der Waals surface area contributed by atoms with E-state index in [1.165, 1.54) is 0 Å². The van der Waals surface area contributed by atoms with Gasteiger partial charge in [-0.15, -0.1) is 0 Å². The van der Waals surface area contributed by atoms with Gasteiger partial charge in [0, 0.05) is 48.1 Å². The van der Waals surface area contributed by atoms with Crippen molar-refractivity contribution < 1.29 is 22.7 Å². The van der Waals surface area contributed by atoms with E-state index in [1.807, 2.05) is 12.1 Å². The zero-order chi connectivity index (χ0) is 29.6. The molecule has 1 unspecified atom stereocenters. The van der Waals surface area contributed by atoms with Crippen molar-refractivity contribution in [2.24, 2.45) is 5.92 Å². The number of likely N-dealkylation sites (tertiary alicyclic amines) is 2. The highest BCUT2D eigenvalue weighted by atomic mass is 35.5. The fraction of sp³-hybridized carbons (Fsp3) is 0.375. The Labute approximate surface area is 256 Å². The molecule has 6 rings (SSSR count). The third-order valence-electron chi connectivity index (χ3n) is 9.13. The zero-order valence-electron chi connectivity index (χ0n) is 23.3. The summed E-state index contributed by atoms with van der Waals surface area (Å²) in [6.45, 7) is 1.01. The van der Waals surface area contributed by atoms with Gasteiger partial charge in [-0.2, -0.15) is 0 Å². The van der Waals surface area contributed by atoms with Crippen LogP contribution in [0, 0.1) is 5.92 Å². The molecule has 0 bridgehead atoms. The van der Waals surface area contributed by atoms with Crippen LogP contribution in [-0.2, 0) is 37.2 Å². The fourth-order valence-electron chi connectivity index (χ4n) is 6.88. The van der Waals surface area contributed by atoms with Crippen molar-refractivity contribution in [2.75, 3.05) is 20.1 Å². The minimum Gasteiger partial charge on any atom is -0.489 e. The van der Waals surface area contributed by atoms with Crippen LogP contribution in [0.5, 0.6) is 5.75 Å². The number of sulfone groups is 1. The molecule has 3 aromatic carbocycles. The second-order valence-electron chi connectivity index (χ2n) is 11.4. The molecular formula is C32H32Cl2N2O5S. The van der Waals surface area contributed by atoms with E-state index in [-0.39, 0.29) is 36.2 Å². The minimum absolute atomic E-state index is 0.0541. The average Bonchev–Trinajstić information content (AvgIpc) is 3.40. The van der Waals surface area contributed by atoms with E-state index in [4.69, 9.17) is 27.9 Å². The molecule has 0 spiro atoms. The summed E-state index contributed by atoms with van der Waals surface area (Å²) in [4.78, 5) is 29.9. The smallest absolute Gasteiger partial charge is 0.226 e. The molecule has 3 atom stereocenters. The molecule has 2 heterocycles. The van der Waals surface area contributed by atoms with E-state index in [1.54, 1.807) is 71.4 Å². The van der Waals surface area contributed by atoms with E-state index in [9.17, 15) is 18.0 Å². The minimum atomic E-state index is -3.91. The SMILES string of the molecule is CN1CCC(C(=O)N2CC[C@@]3(S(=O)(=O)c4ccccc4)c4ccc(OCc5c(Cl)cccc5Cl)cc4CC[C@@H]23)CC1=O. The van der Waals surface area contributed by atoms with Crippen molar-refractivity contribution in [1.82, 2.24) is 9.80 Å². The number of ether oxygens (including phenoxy) is 1. The molecule has 10 heteroatoms. The van der Waals surface area contributed by atoms with Crippen LogP contribution in [0.3, 0.4) is 0 Å². The average molecular weight is 628 g/mol.